The van der Waals surface area contributed by atoms with Crippen molar-refractivity contribution in [3.8, 4) is 0 Å². The number of likely N-dealkylation sites (tertiary alicyclic amines) is 1. The fourth-order valence-electron chi connectivity index (χ4n) is 2.00. The highest BCUT2D eigenvalue weighted by Crippen LogP contribution is 2.41. The van der Waals surface area contributed by atoms with Gasteiger partial charge in [0, 0.05) is 20.0 Å². The molecule has 1 aliphatic rings. The van der Waals surface area contributed by atoms with Gasteiger partial charge in [0.25, 0.3) is 5.92 Å². The predicted molar refractivity (Wildman–Crippen MR) is 63.7 cm³/mol. The van der Waals surface area contributed by atoms with Gasteiger partial charge in [-0.05, 0) is 19.8 Å². The van der Waals surface area contributed by atoms with Gasteiger partial charge in [-0.15, -0.1) is 0 Å². The number of urea groups is 1. The standard InChI is InChI=1S/C12H19F5N2O/c1-10(11(2,13)14,12(15,16)17)18-9(20)19-7-5-3-4-6-8-19/h3-8H2,1-2H3,(H,18,20). The second kappa shape index (κ2) is 5.73. The normalized spacial score (nSPS) is 21.1. The number of carbonyl (C=O) groups excluding carboxylic acids is 1. The van der Waals surface area contributed by atoms with Crippen LogP contribution in [0.25, 0.3) is 0 Å². The summed E-state index contributed by atoms with van der Waals surface area (Å²) in [6.45, 7) is 1.04. The van der Waals surface area contributed by atoms with Crippen LogP contribution in [0.2, 0.25) is 0 Å². The average Bonchev–Trinajstić information content (AvgIpc) is 2.54. The third-order valence-electron chi connectivity index (χ3n) is 3.70. The molecule has 8 heteroatoms. The average molecular weight is 302 g/mol. The highest BCUT2D eigenvalue weighted by atomic mass is 19.4. The van der Waals surface area contributed by atoms with Crippen LogP contribution < -0.4 is 5.32 Å². The first-order valence-electron chi connectivity index (χ1n) is 6.51. The maximum atomic E-state index is 13.3. The molecule has 1 fully saturated rings. The van der Waals surface area contributed by atoms with Gasteiger partial charge >= 0.3 is 12.2 Å². The zero-order chi connectivity index (χ0) is 15.6. The number of amides is 2. The molecule has 0 aromatic carbocycles. The van der Waals surface area contributed by atoms with Crippen LogP contribution in [0.5, 0.6) is 0 Å². The van der Waals surface area contributed by atoms with Gasteiger partial charge in [0.1, 0.15) is 0 Å². The van der Waals surface area contributed by atoms with E-state index in [9.17, 15) is 26.7 Å². The number of nitrogens with zero attached hydrogens (tertiary/aromatic N) is 1. The van der Waals surface area contributed by atoms with E-state index in [0.717, 1.165) is 12.8 Å². The Labute approximate surface area is 114 Å². The van der Waals surface area contributed by atoms with E-state index in [-0.39, 0.29) is 20.0 Å². The van der Waals surface area contributed by atoms with Crippen LogP contribution in [-0.2, 0) is 0 Å². The monoisotopic (exact) mass is 302 g/mol. The van der Waals surface area contributed by atoms with Crippen molar-refractivity contribution in [2.24, 2.45) is 0 Å². The molecule has 1 heterocycles. The third kappa shape index (κ3) is 3.52. The molecule has 1 N–H and O–H groups in total. The molecule has 20 heavy (non-hydrogen) atoms. The minimum Gasteiger partial charge on any atom is -0.325 e. The van der Waals surface area contributed by atoms with Crippen molar-refractivity contribution in [3.05, 3.63) is 0 Å². The lowest BCUT2D eigenvalue weighted by Gasteiger charge is -2.38. The Hall–Kier alpha value is -1.08. The lowest BCUT2D eigenvalue weighted by Crippen LogP contribution is -2.67. The molecule has 1 rings (SSSR count). The lowest BCUT2D eigenvalue weighted by atomic mass is 9.94. The smallest absolute Gasteiger partial charge is 0.325 e. The van der Waals surface area contributed by atoms with Gasteiger partial charge in [0.05, 0.1) is 0 Å². The highest BCUT2D eigenvalue weighted by Gasteiger charge is 2.65. The van der Waals surface area contributed by atoms with Gasteiger partial charge in [-0.1, -0.05) is 12.8 Å². The summed E-state index contributed by atoms with van der Waals surface area (Å²) in [5, 5.41) is 1.48. The van der Waals surface area contributed by atoms with E-state index < -0.39 is 23.7 Å². The van der Waals surface area contributed by atoms with Crippen molar-refractivity contribution in [2.75, 3.05) is 13.1 Å². The van der Waals surface area contributed by atoms with Crippen molar-refractivity contribution in [1.82, 2.24) is 10.2 Å². The Morgan fingerprint density at radius 3 is 1.75 bits per heavy atom. The second-order valence-corrected chi connectivity index (χ2v) is 5.34. The Bertz CT molecular complexity index is 329. The second-order valence-electron chi connectivity index (χ2n) is 5.34. The molecule has 0 radical (unpaired) electrons. The molecule has 1 aliphatic heterocycles. The molecule has 2 amide bonds. The first-order valence-corrected chi connectivity index (χ1v) is 6.51. The molecule has 0 aliphatic carbocycles. The molecule has 0 spiro atoms. The fraction of sp³-hybridized carbons (Fsp3) is 0.917. The molecule has 0 saturated carbocycles. The van der Waals surface area contributed by atoms with E-state index in [1.165, 1.54) is 10.2 Å². The SMILES string of the molecule is CC(F)(F)C(C)(NC(=O)N1CCCCCC1)C(F)(F)F. The summed E-state index contributed by atoms with van der Waals surface area (Å²) in [4.78, 5) is 13.0. The number of hydrogen-bond donors (Lipinski definition) is 1. The summed E-state index contributed by atoms with van der Waals surface area (Å²) in [5.41, 5.74) is -3.58. The maximum absolute atomic E-state index is 13.3. The number of alkyl halides is 5. The van der Waals surface area contributed by atoms with Crippen molar-refractivity contribution in [3.63, 3.8) is 0 Å². The summed E-state index contributed by atoms with van der Waals surface area (Å²) >= 11 is 0. The Morgan fingerprint density at radius 1 is 0.950 bits per heavy atom. The quantitative estimate of drug-likeness (QED) is 0.777. The molecule has 1 unspecified atom stereocenters. The van der Waals surface area contributed by atoms with E-state index in [1.807, 2.05) is 0 Å². The largest absolute Gasteiger partial charge is 0.417 e. The first-order chi connectivity index (χ1) is 8.99. The predicted octanol–water partition coefficient (Wildman–Crippen LogP) is 3.55. The van der Waals surface area contributed by atoms with Gasteiger partial charge in [-0.2, -0.15) is 13.2 Å². The molecule has 3 nitrogen and oxygen atoms in total. The molecule has 0 aromatic rings. The number of rotatable bonds is 2. The molecular weight excluding hydrogens is 283 g/mol. The fourth-order valence-corrected chi connectivity index (χ4v) is 2.00. The highest BCUT2D eigenvalue weighted by molar-refractivity contribution is 5.75. The van der Waals surface area contributed by atoms with E-state index in [2.05, 4.69) is 0 Å². The number of carbonyl (C=O) groups is 1. The van der Waals surface area contributed by atoms with Gasteiger partial charge in [-0.3, -0.25) is 0 Å². The number of hydrogen-bond acceptors (Lipinski definition) is 1. The summed E-state index contributed by atoms with van der Waals surface area (Å²) < 4.78 is 65.3. The minimum atomic E-state index is -5.24. The number of halogens is 5. The van der Waals surface area contributed by atoms with Crippen LogP contribution in [0, 0.1) is 0 Å². The molecule has 1 saturated heterocycles. The Morgan fingerprint density at radius 2 is 1.40 bits per heavy atom. The molecule has 1 atom stereocenters. The van der Waals surface area contributed by atoms with Gasteiger partial charge < -0.3 is 10.2 Å². The van der Waals surface area contributed by atoms with E-state index in [0.29, 0.717) is 19.8 Å². The van der Waals surface area contributed by atoms with E-state index in [4.69, 9.17) is 0 Å². The number of nitrogens with one attached hydrogen (secondary N) is 1. The lowest BCUT2D eigenvalue weighted by molar-refractivity contribution is -0.250. The summed E-state index contributed by atoms with van der Waals surface area (Å²) in [6.07, 6.45) is -2.15. The summed E-state index contributed by atoms with van der Waals surface area (Å²) in [5.74, 6) is -4.12. The van der Waals surface area contributed by atoms with Crippen LogP contribution in [0.1, 0.15) is 39.5 Å². The van der Waals surface area contributed by atoms with Crippen molar-refractivity contribution < 1.29 is 26.7 Å². The van der Waals surface area contributed by atoms with Crippen molar-refractivity contribution in [1.29, 1.82) is 0 Å². The summed E-state index contributed by atoms with van der Waals surface area (Å²) in [7, 11) is 0. The van der Waals surface area contributed by atoms with Crippen LogP contribution in [-0.4, -0.2) is 41.7 Å². The van der Waals surface area contributed by atoms with Crippen LogP contribution in [0.3, 0.4) is 0 Å². The van der Waals surface area contributed by atoms with Crippen LogP contribution in [0.4, 0.5) is 26.7 Å². The van der Waals surface area contributed by atoms with Crippen molar-refractivity contribution in [2.45, 2.75) is 57.2 Å². The zero-order valence-corrected chi connectivity index (χ0v) is 11.5. The molecule has 118 valence electrons. The maximum Gasteiger partial charge on any atom is 0.417 e. The van der Waals surface area contributed by atoms with E-state index >= 15 is 0 Å². The van der Waals surface area contributed by atoms with Crippen molar-refractivity contribution >= 4 is 6.03 Å². The van der Waals surface area contributed by atoms with Gasteiger partial charge in [0.2, 0.25) is 0 Å². The minimum absolute atomic E-state index is 0.156. The van der Waals surface area contributed by atoms with E-state index in [1.54, 1.807) is 0 Å². The topological polar surface area (TPSA) is 32.3 Å². The zero-order valence-electron chi connectivity index (χ0n) is 11.5. The first kappa shape index (κ1) is 17.0. The molecule has 0 bridgehead atoms. The Kier molecular flexibility index (Phi) is 4.86. The molecular formula is C12H19F5N2O. The van der Waals surface area contributed by atoms with Gasteiger partial charge in [0.15, 0.2) is 5.54 Å². The summed E-state index contributed by atoms with van der Waals surface area (Å²) in [6, 6.07) is -1.09. The van der Waals surface area contributed by atoms with Crippen LogP contribution in [0.15, 0.2) is 0 Å². The third-order valence-corrected chi connectivity index (χ3v) is 3.70. The molecule has 0 aromatic heterocycles. The van der Waals surface area contributed by atoms with Crippen LogP contribution >= 0.6 is 0 Å². The Balaban J connectivity index is 2.88. The van der Waals surface area contributed by atoms with Gasteiger partial charge in [-0.25, -0.2) is 13.6 Å².